The van der Waals surface area contributed by atoms with Crippen LogP contribution in [0.5, 0.6) is 0 Å². The summed E-state index contributed by atoms with van der Waals surface area (Å²) in [7, 11) is 0. The molecule has 2 nitrogen and oxygen atoms in total. The van der Waals surface area contributed by atoms with Crippen molar-refractivity contribution in [3.05, 3.63) is 35.4 Å². The molecule has 0 unspecified atom stereocenters. The number of alkyl halides is 3. The maximum atomic E-state index is 12.4. The van der Waals surface area contributed by atoms with E-state index in [0.29, 0.717) is 26.1 Å². The fraction of sp³-hybridized carbons (Fsp3) is 0.500. The minimum atomic E-state index is -4.30. The Bertz CT molecular complexity index is 385. The second-order valence-corrected chi connectivity index (χ2v) is 4.34. The van der Waals surface area contributed by atoms with E-state index in [-0.39, 0.29) is 12.4 Å². The van der Waals surface area contributed by atoms with Gasteiger partial charge in [-0.2, -0.15) is 13.2 Å². The van der Waals surface area contributed by atoms with Crippen LogP contribution in [0.3, 0.4) is 0 Å². The molecule has 0 radical (unpaired) electrons. The van der Waals surface area contributed by atoms with E-state index in [0.717, 1.165) is 17.7 Å². The van der Waals surface area contributed by atoms with E-state index in [1.54, 1.807) is 0 Å². The summed E-state index contributed by atoms with van der Waals surface area (Å²) in [6.07, 6.45) is -3.02. The first-order chi connectivity index (χ1) is 7.92. The third-order valence-electron chi connectivity index (χ3n) is 3.17. The first-order valence-electron chi connectivity index (χ1n) is 5.46. The van der Waals surface area contributed by atoms with Gasteiger partial charge in [-0.3, -0.25) is 0 Å². The van der Waals surface area contributed by atoms with Crippen molar-refractivity contribution in [1.29, 1.82) is 0 Å². The summed E-state index contributed by atoms with van der Waals surface area (Å²) < 4.78 is 42.4. The molecule has 0 spiro atoms. The number of ether oxygens (including phenoxy) is 1. The maximum Gasteiger partial charge on any atom is 0.416 e. The molecule has 1 aromatic carbocycles. The fourth-order valence-corrected chi connectivity index (χ4v) is 2.02. The van der Waals surface area contributed by atoms with Gasteiger partial charge in [-0.1, -0.05) is 12.1 Å². The lowest BCUT2D eigenvalue weighted by molar-refractivity contribution is -0.137. The second-order valence-electron chi connectivity index (χ2n) is 4.34. The van der Waals surface area contributed by atoms with Crippen LogP contribution in [-0.4, -0.2) is 13.2 Å². The lowest BCUT2D eigenvalue weighted by Crippen LogP contribution is -2.42. The van der Waals surface area contributed by atoms with E-state index in [9.17, 15) is 13.2 Å². The van der Waals surface area contributed by atoms with Crippen LogP contribution in [0.1, 0.15) is 24.0 Å². The number of hydrogen-bond donors (Lipinski definition) is 1. The zero-order chi connectivity index (χ0) is 12.5. The van der Waals surface area contributed by atoms with Crippen LogP contribution in [0.25, 0.3) is 0 Å². The lowest BCUT2D eigenvalue weighted by atomic mass is 9.83. The molecule has 2 rings (SSSR count). The third kappa shape index (κ3) is 3.16. The quantitative estimate of drug-likeness (QED) is 0.858. The monoisotopic (exact) mass is 281 g/mol. The van der Waals surface area contributed by atoms with Gasteiger partial charge in [0.25, 0.3) is 0 Å². The molecule has 1 fully saturated rings. The maximum absolute atomic E-state index is 12.4. The predicted molar refractivity (Wildman–Crippen MR) is 64.6 cm³/mol. The van der Waals surface area contributed by atoms with Gasteiger partial charge in [0.1, 0.15) is 0 Å². The molecule has 0 aromatic heterocycles. The highest BCUT2D eigenvalue weighted by atomic mass is 35.5. The van der Waals surface area contributed by atoms with Crippen molar-refractivity contribution in [2.24, 2.45) is 5.73 Å². The predicted octanol–water partition coefficient (Wildman–Crippen LogP) is 3.09. The minimum absolute atomic E-state index is 0. The average molecular weight is 282 g/mol. The van der Waals surface area contributed by atoms with Gasteiger partial charge >= 0.3 is 6.18 Å². The highest BCUT2D eigenvalue weighted by Crippen LogP contribution is 2.33. The molecule has 1 aromatic rings. The van der Waals surface area contributed by atoms with Gasteiger partial charge in [-0.25, -0.2) is 0 Å². The normalized spacial score (nSPS) is 19.1. The summed E-state index contributed by atoms with van der Waals surface area (Å²) in [6.45, 7) is 1.11. The number of nitrogens with two attached hydrogens (primary N) is 1. The number of benzene rings is 1. The van der Waals surface area contributed by atoms with Gasteiger partial charge < -0.3 is 10.5 Å². The molecule has 0 amide bonds. The molecule has 2 N–H and O–H groups in total. The summed E-state index contributed by atoms with van der Waals surface area (Å²) in [5, 5.41) is 0. The van der Waals surface area contributed by atoms with E-state index >= 15 is 0 Å². The van der Waals surface area contributed by atoms with Crippen LogP contribution in [0, 0.1) is 0 Å². The third-order valence-corrected chi connectivity index (χ3v) is 3.17. The largest absolute Gasteiger partial charge is 0.416 e. The van der Waals surface area contributed by atoms with Gasteiger partial charge in [0.2, 0.25) is 0 Å². The number of hydrogen-bond acceptors (Lipinski definition) is 2. The molecule has 1 aliphatic rings. The fourth-order valence-electron chi connectivity index (χ4n) is 2.02. The zero-order valence-corrected chi connectivity index (χ0v) is 10.5. The Balaban J connectivity index is 0.00000162. The lowest BCUT2D eigenvalue weighted by Gasteiger charge is -2.34. The molecule has 18 heavy (non-hydrogen) atoms. The van der Waals surface area contributed by atoms with Crippen LogP contribution < -0.4 is 5.73 Å². The van der Waals surface area contributed by atoms with E-state index in [2.05, 4.69) is 0 Å². The SMILES string of the molecule is Cl.NC1(c2ccc(C(F)(F)F)cc2)CCOCC1. The van der Waals surface area contributed by atoms with E-state index < -0.39 is 17.3 Å². The van der Waals surface area contributed by atoms with Crippen LogP contribution in [0.2, 0.25) is 0 Å². The summed E-state index contributed by atoms with van der Waals surface area (Å²) >= 11 is 0. The van der Waals surface area contributed by atoms with Gasteiger partial charge in [-0.05, 0) is 30.5 Å². The van der Waals surface area contributed by atoms with Crippen molar-refractivity contribution in [3.63, 3.8) is 0 Å². The van der Waals surface area contributed by atoms with Gasteiger partial charge in [-0.15, -0.1) is 12.4 Å². The Hall–Kier alpha value is -0.780. The summed E-state index contributed by atoms with van der Waals surface area (Å²) in [5.41, 5.74) is 5.73. The van der Waals surface area contributed by atoms with Gasteiger partial charge in [0.15, 0.2) is 0 Å². The molecular formula is C12H15ClF3NO. The Morgan fingerprint density at radius 3 is 2.00 bits per heavy atom. The van der Waals surface area contributed by atoms with Crippen molar-refractivity contribution in [2.45, 2.75) is 24.6 Å². The Kier molecular flexibility index (Phi) is 4.64. The van der Waals surface area contributed by atoms with Crippen molar-refractivity contribution < 1.29 is 17.9 Å². The van der Waals surface area contributed by atoms with Gasteiger partial charge in [0.05, 0.1) is 5.56 Å². The highest BCUT2D eigenvalue weighted by molar-refractivity contribution is 5.85. The van der Waals surface area contributed by atoms with Gasteiger partial charge in [0, 0.05) is 18.8 Å². The summed E-state index contributed by atoms with van der Waals surface area (Å²) in [5.74, 6) is 0. The Morgan fingerprint density at radius 1 is 1.06 bits per heavy atom. The molecule has 0 atom stereocenters. The van der Waals surface area contributed by atoms with Crippen LogP contribution in [0.15, 0.2) is 24.3 Å². The van der Waals surface area contributed by atoms with Crippen molar-refractivity contribution in [1.82, 2.24) is 0 Å². The summed E-state index contributed by atoms with van der Waals surface area (Å²) in [4.78, 5) is 0. The molecule has 1 aliphatic heterocycles. The van der Waals surface area contributed by atoms with E-state index in [4.69, 9.17) is 10.5 Å². The average Bonchev–Trinajstić information content (AvgIpc) is 2.29. The number of halogens is 4. The van der Waals surface area contributed by atoms with Crippen molar-refractivity contribution in [2.75, 3.05) is 13.2 Å². The molecule has 0 bridgehead atoms. The molecule has 1 heterocycles. The zero-order valence-electron chi connectivity index (χ0n) is 9.67. The van der Waals surface area contributed by atoms with Crippen molar-refractivity contribution >= 4 is 12.4 Å². The van der Waals surface area contributed by atoms with Crippen molar-refractivity contribution in [3.8, 4) is 0 Å². The Morgan fingerprint density at radius 2 is 1.56 bits per heavy atom. The smallest absolute Gasteiger partial charge is 0.381 e. The summed E-state index contributed by atoms with van der Waals surface area (Å²) in [6, 6.07) is 5.10. The molecule has 1 saturated heterocycles. The number of rotatable bonds is 1. The van der Waals surface area contributed by atoms with E-state index in [1.165, 1.54) is 12.1 Å². The van der Waals surface area contributed by atoms with Crippen LogP contribution in [0.4, 0.5) is 13.2 Å². The molecular weight excluding hydrogens is 267 g/mol. The topological polar surface area (TPSA) is 35.2 Å². The second kappa shape index (κ2) is 5.47. The Labute approximate surface area is 110 Å². The first kappa shape index (κ1) is 15.3. The standard InChI is InChI=1S/C12H14F3NO.ClH/c13-12(14,15)10-3-1-9(2-4-10)11(16)5-7-17-8-6-11;/h1-4H,5-8,16H2;1H. The van der Waals surface area contributed by atoms with E-state index in [1.807, 2.05) is 0 Å². The molecule has 0 aliphatic carbocycles. The molecule has 6 heteroatoms. The minimum Gasteiger partial charge on any atom is -0.381 e. The highest BCUT2D eigenvalue weighted by Gasteiger charge is 2.33. The first-order valence-corrected chi connectivity index (χ1v) is 5.46. The molecule has 0 saturated carbocycles. The van der Waals surface area contributed by atoms with Crippen LogP contribution >= 0.6 is 12.4 Å². The molecule has 102 valence electrons. The van der Waals surface area contributed by atoms with Crippen LogP contribution in [-0.2, 0) is 16.5 Å².